The van der Waals surface area contributed by atoms with Crippen molar-refractivity contribution in [1.82, 2.24) is 4.98 Å². The molecule has 2 rings (SSSR count). The normalized spacial score (nSPS) is 10.5. The van der Waals surface area contributed by atoms with Gasteiger partial charge in [-0.2, -0.15) is 0 Å². The first-order valence-electron chi connectivity index (χ1n) is 6.30. The first-order chi connectivity index (χ1) is 10.0. The van der Waals surface area contributed by atoms with Gasteiger partial charge >= 0.3 is 5.97 Å². The Morgan fingerprint density at radius 2 is 2.05 bits per heavy atom. The van der Waals surface area contributed by atoms with Crippen molar-refractivity contribution >= 4 is 23.8 Å². The topological polar surface area (TPSA) is 79.3 Å². The van der Waals surface area contributed by atoms with Crippen LogP contribution in [0.3, 0.4) is 0 Å². The molecule has 1 aromatic heterocycles. The minimum Gasteiger partial charge on any atom is -0.478 e. The Morgan fingerprint density at radius 1 is 1.24 bits per heavy atom. The third kappa shape index (κ3) is 4.28. The molecule has 5 heteroatoms. The zero-order valence-electron chi connectivity index (χ0n) is 11.4. The smallest absolute Gasteiger partial charge is 0.328 e. The first kappa shape index (κ1) is 14.5. The van der Waals surface area contributed by atoms with Crippen molar-refractivity contribution in [2.24, 2.45) is 0 Å². The monoisotopic (exact) mass is 282 g/mol. The van der Waals surface area contributed by atoms with Crippen molar-refractivity contribution < 1.29 is 14.7 Å². The van der Waals surface area contributed by atoms with E-state index in [1.165, 1.54) is 6.08 Å². The molecule has 0 unspecified atom stereocenters. The van der Waals surface area contributed by atoms with E-state index >= 15 is 0 Å². The highest BCUT2D eigenvalue weighted by molar-refractivity contribution is 6.04. The summed E-state index contributed by atoms with van der Waals surface area (Å²) >= 11 is 0. The number of hydrogen-bond acceptors (Lipinski definition) is 3. The molecular formula is C16H14N2O3. The van der Waals surface area contributed by atoms with Gasteiger partial charge in [0.15, 0.2) is 0 Å². The lowest BCUT2D eigenvalue weighted by Gasteiger charge is -2.05. The number of anilines is 1. The van der Waals surface area contributed by atoms with Crippen LogP contribution in [-0.2, 0) is 4.79 Å². The molecule has 1 aromatic carbocycles. The van der Waals surface area contributed by atoms with Crippen molar-refractivity contribution in [1.29, 1.82) is 0 Å². The molecule has 2 N–H and O–H groups in total. The first-order valence-corrected chi connectivity index (χ1v) is 6.30. The van der Waals surface area contributed by atoms with Gasteiger partial charge < -0.3 is 10.4 Å². The van der Waals surface area contributed by atoms with Crippen LogP contribution in [0.15, 0.2) is 48.7 Å². The molecule has 0 saturated heterocycles. The van der Waals surface area contributed by atoms with E-state index in [1.54, 1.807) is 36.5 Å². The molecule has 0 radical (unpaired) electrons. The third-order valence-corrected chi connectivity index (χ3v) is 2.72. The lowest BCUT2D eigenvalue weighted by atomic mass is 10.1. The van der Waals surface area contributed by atoms with Crippen molar-refractivity contribution in [3.63, 3.8) is 0 Å². The van der Waals surface area contributed by atoms with Gasteiger partial charge in [-0.15, -0.1) is 0 Å². The number of carboxylic acids is 1. The number of amides is 1. The average molecular weight is 282 g/mol. The summed E-state index contributed by atoms with van der Waals surface area (Å²) in [5, 5.41) is 11.3. The van der Waals surface area contributed by atoms with Crippen LogP contribution in [0.25, 0.3) is 6.08 Å². The fourth-order valence-electron chi connectivity index (χ4n) is 1.74. The molecule has 0 aliphatic heterocycles. The molecule has 5 nitrogen and oxygen atoms in total. The van der Waals surface area contributed by atoms with Crippen molar-refractivity contribution in [2.45, 2.75) is 6.92 Å². The van der Waals surface area contributed by atoms with Gasteiger partial charge in [0, 0.05) is 17.8 Å². The maximum atomic E-state index is 12.1. The second-order valence-corrected chi connectivity index (χ2v) is 4.47. The van der Waals surface area contributed by atoms with Crippen molar-refractivity contribution in [2.75, 3.05) is 5.32 Å². The second kappa shape index (κ2) is 6.47. The number of rotatable bonds is 4. The van der Waals surface area contributed by atoms with Crippen molar-refractivity contribution in [3.8, 4) is 0 Å². The predicted molar refractivity (Wildman–Crippen MR) is 80.0 cm³/mol. The highest BCUT2D eigenvalue weighted by Crippen LogP contribution is 2.11. The van der Waals surface area contributed by atoms with Crippen LogP contribution in [0.4, 0.5) is 5.82 Å². The Kier molecular flexibility index (Phi) is 4.46. The summed E-state index contributed by atoms with van der Waals surface area (Å²) in [6.07, 6.45) is 4.08. The molecule has 2 aromatic rings. The number of carbonyl (C=O) groups excluding carboxylic acids is 1. The Hall–Kier alpha value is -2.95. The molecule has 0 aliphatic carbocycles. The fraction of sp³-hybridized carbons (Fsp3) is 0.0625. The minimum absolute atomic E-state index is 0.293. The molecule has 0 bridgehead atoms. The Labute approximate surface area is 122 Å². The van der Waals surface area contributed by atoms with E-state index in [-0.39, 0.29) is 5.91 Å². The molecule has 0 fully saturated rings. The molecule has 0 aliphatic rings. The highest BCUT2D eigenvalue weighted by Gasteiger charge is 2.07. The fourth-order valence-corrected chi connectivity index (χ4v) is 1.74. The number of aryl methyl sites for hydroxylation is 1. The van der Waals surface area contributed by atoms with E-state index in [0.29, 0.717) is 16.9 Å². The molecule has 21 heavy (non-hydrogen) atoms. The van der Waals surface area contributed by atoms with Gasteiger partial charge in [-0.3, -0.25) is 4.79 Å². The maximum Gasteiger partial charge on any atom is 0.328 e. The van der Waals surface area contributed by atoms with Crippen LogP contribution in [0.1, 0.15) is 21.5 Å². The van der Waals surface area contributed by atoms with Gasteiger partial charge in [-0.1, -0.05) is 12.1 Å². The van der Waals surface area contributed by atoms with Gasteiger partial charge in [-0.25, -0.2) is 9.78 Å². The van der Waals surface area contributed by atoms with E-state index in [0.717, 1.165) is 11.6 Å². The lowest BCUT2D eigenvalue weighted by molar-refractivity contribution is -0.131. The van der Waals surface area contributed by atoms with E-state index in [4.69, 9.17) is 5.11 Å². The zero-order chi connectivity index (χ0) is 15.2. The second-order valence-electron chi connectivity index (χ2n) is 4.47. The summed E-state index contributed by atoms with van der Waals surface area (Å²) in [6.45, 7) is 1.91. The number of carbonyl (C=O) groups is 2. The Morgan fingerprint density at radius 3 is 2.76 bits per heavy atom. The quantitative estimate of drug-likeness (QED) is 0.845. The number of aliphatic carboxylic acids is 1. The van der Waals surface area contributed by atoms with Crippen LogP contribution in [0.2, 0.25) is 0 Å². The van der Waals surface area contributed by atoms with Crippen molar-refractivity contribution in [3.05, 3.63) is 65.4 Å². The average Bonchev–Trinajstić information content (AvgIpc) is 2.45. The highest BCUT2D eigenvalue weighted by atomic mass is 16.4. The van der Waals surface area contributed by atoms with E-state index in [2.05, 4.69) is 10.3 Å². The summed E-state index contributed by atoms with van der Waals surface area (Å²) in [5.41, 5.74) is 2.08. The number of benzene rings is 1. The van der Waals surface area contributed by atoms with Crippen LogP contribution in [-0.4, -0.2) is 22.0 Å². The Balaban J connectivity index is 2.16. The molecule has 1 amide bonds. The number of nitrogens with zero attached hydrogens (tertiary/aromatic N) is 1. The van der Waals surface area contributed by atoms with E-state index in [1.807, 2.05) is 13.0 Å². The molecular weight excluding hydrogens is 268 g/mol. The van der Waals surface area contributed by atoms with Gasteiger partial charge in [0.2, 0.25) is 0 Å². The van der Waals surface area contributed by atoms with Crippen LogP contribution >= 0.6 is 0 Å². The van der Waals surface area contributed by atoms with Gasteiger partial charge in [-0.05, 0) is 48.4 Å². The van der Waals surface area contributed by atoms with Crippen LogP contribution < -0.4 is 5.32 Å². The molecule has 0 saturated carbocycles. The summed E-state index contributed by atoms with van der Waals surface area (Å²) in [7, 11) is 0. The summed E-state index contributed by atoms with van der Waals surface area (Å²) < 4.78 is 0. The molecule has 0 spiro atoms. The number of hydrogen-bond donors (Lipinski definition) is 2. The minimum atomic E-state index is -1.03. The SMILES string of the molecule is Cc1ccnc(NC(=O)c2cccc(C=CC(=O)O)c2)c1. The van der Waals surface area contributed by atoms with Crippen LogP contribution in [0.5, 0.6) is 0 Å². The molecule has 0 atom stereocenters. The van der Waals surface area contributed by atoms with Gasteiger partial charge in [0.05, 0.1) is 0 Å². The number of nitrogens with one attached hydrogen (secondary N) is 1. The largest absolute Gasteiger partial charge is 0.478 e. The standard InChI is InChI=1S/C16H14N2O3/c1-11-7-8-17-14(9-11)18-16(21)13-4-2-3-12(10-13)5-6-15(19)20/h2-10H,1H3,(H,19,20)(H,17,18,21). The van der Waals surface area contributed by atoms with Gasteiger partial charge in [0.25, 0.3) is 5.91 Å². The molecule has 1 heterocycles. The third-order valence-electron chi connectivity index (χ3n) is 2.72. The number of aromatic nitrogens is 1. The Bertz CT molecular complexity index is 708. The maximum absolute atomic E-state index is 12.1. The molecule has 106 valence electrons. The van der Waals surface area contributed by atoms with Gasteiger partial charge in [0.1, 0.15) is 5.82 Å². The number of pyridine rings is 1. The lowest BCUT2D eigenvalue weighted by Crippen LogP contribution is -2.13. The number of carboxylic acid groups (broad SMARTS) is 1. The van der Waals surface area contributed by atoms with E-state index in [9.17, 15) is 9.59 Å². The zero-order valence-corrected chi connectivity index (χ0v) is 11.4. The summed E-state index contributed by atoms with van der Waals surface area (Å²) in [5.74, 6) is -0.848. The predicted octanol–water partition coefficient (Wildman–Crippen LogP) is 2.74. The van der Waals surface area contributed by atoms with Crippen LogP contribution in [0, 0.1) is 6.92 Å². The summed E-state index contributed by atoms with van der Waals surface area (Å²) in [4.78, 5) is 26.7. The summed E-state index contributed by atoms with van der Waals surface area (Å²) in [6, 6.07) is 10.3. The van der Waals surface area contributed by atoms with E-state index < -0.39 is 5.97 Å².